The first-order valence-corrected chi connectivity index (χ1v) is 10.5. The van der Waals surface area contributed by atoms with Gasteiger partial charge in [-0.3, -0.25) is 9.89 Å². The standard InChI is InChI=1S/C19H15N5O5S/c25-19-15-2-1-14(9-12(15)10-21-24(19)11-13-5-6-20-23-13)30(26,27)17-4-3-16-18(22-17)29-8-7-28-16/h1-6,9-10H,7-8,11H2,(H,20,23). The van der Waals surface area contributed by atoms with E-state index in [-0.39, 0.29) is 27.9 Å². The fraction of sp³-hybridized carbons (Fsp3) is 0.158. The number of aromatic nitrogens is 5. The number of benzene rings is 1. The van der Waals surface area contributed by atoms with Crippen LogP contribution in [0.3, 0.4) is 0 Å². The van der Waals surface area contributed by atoms with E-state index in [9.17, 15) is 13.2 Å². The molecule has 0 unspecified atom stereocenters. The number of hydrogen-bond donors (Lipinski definition) is 1. The van der Waals surface area contributed by atoms with Crippen LogP contribution in [0.4, 0.5) is 0 Å². The van der Waals surface area contributed by atoms with Crippen LogP contribution in [0.1, 0.15) is 5.69 Å². The van der Waals surface area contributed by atoms with Gasteiger partial charge in [0.1, 0.15) is 13.2 Å². The van der Waals surface area contributed by atoms with Crippen molar-refractivity contribution in [3.05, 3.63) is 64.8 Å². The summed E-state index contributed by atoms with van der Waals surface area (Å²) in [4.78, 5) is 16.8. The second-order valence-corrected chi connectivity index (χ2v) is 8.47. The van der Waals surface area contributed by atoms with E-state index in [0.717, 1.165) is 0 Å². The van der Waals surface area contributed by atoms with Gasteiger partial charge in [-0.2, -0.15) is 15.2 Å². The van der Waals surface area contributed by atoms with Gasteiger partial charge in [0.15, 0.2) is 10.8 Å². The molecule has 152 valence electrons. The van der Waals surface area contributed by atoms with Crippen LogP contribution in [0.5, 0.6) is 11.6 Å². The highest BCUT2D eigenvalue weighted by Gasteiger charge is 2.24. The Bertz CT molecular complexity index is 1410. The molecule has 0 bridgehead atoms. The Morgan fingerprint density at radius 1 is 1.10 bits per heavy atom. The third-order valence-corrected chi connectivity index (χ3v) is 6.31. The molecule has 11 heteroatoms. The summed E-state index contributed by atoms with van der Waals surface area (Å²) >= 11 is 0. The zero-order valence-electron chi connectivity index (χ0n) is 15.5. The molecule has 0 amide bonds. The zero-order chi connectivity index (χ0) is 20.7. The largest absolute Gasteiger partial charge is 0.484 e. The van der Waals surface area contributed by atoms with E-state index in [2.05, 4.69) is 20.3 Å². The van der Waals surface area contributed by atoms with Crippen molar-refractivity contribution in [2.75, 3.05) is 13.2 Å². The summed E-state index contributed by atoms with van der Waals surface area (Å²) in [5.74, 6) is 0.548. The maximum atomic E-state index is 13.1. The summed E-state index contributed by atoms with van der Waals surface area (Å²) < 4.78 is 38.1. The molecule has 0 saturated carbocycles. The number of rotatable bonds is 4. The normalized spacial score (nSPS) is 13.5. The zero-order valence-corrected chi connectivity index (χ0v) is 16.3. The summed E-state index contributed by atoms with van der Waals surface area (Å²) in [6.45, 7) is 0.894. The van der Waals surface area contributed by atoms with Crippen molar-refractivity contribution in [1.29, 1.82) is 0 Å². The minimum Gasteiger partial charge on any atom is -0.484 e. The van der Waals surface area contributed by atoms with Gasteiger partial charge in [-0.1, -0.05) is 0 Å². The number of pyridine rings is 1. The molecule has 0 radical (unpaired) electrons. The molecule has 0 saturated heterocycles. The fourth-order valence-corrected chi connectivity index (χ4v) is 4.38. The first kappa shape index (κ1) is 18.3. The smallest absolute Gasteiger partial charge is 0.274 e. The van der Waals surface area contributed by atoms with E-state index in [4.69, 9.17) is 9.47 Å². The third kappa shape index (κ3) is 3.08. The average Bonchev–Trinajstić information content (AvgIpc) is 3.28. The maximum absolute atomic E-state index is 13.1. The second-order valence-electron chi connectivity index (χ2n) is 6.58. The SMILES string of the molecule is O=c1c2ccc(S(=O)(=O)c3ccc4c(n3)OCCO4)cc2cnn1Cc1cc[nH]n1. The second kappa shape index (κ2) is 6.95. The van der Waals surface area contributed by atoms with Crippen molar-refractivity contribution in [2.24, 2.45) is 0 Å². The van der Waals surface area contributed by atoms with Gasteiger partial charge in [0, 0.05) is 11.6 Å². The van der Waals surface area contributed by atoms with Gasteiger partial charge in [0.25, 0.3) is 11.4 Å². The summed E-state index contributed by atoms with van der Waals surface area (Å²) in [7, 11) is -3.93. The lowest BCUT2D eigenvalue weighted by molar-refractivity contribution is 0.163. The van der Waals surface area contributed by atoms with Crippen LogP contribution in [0, 0.1) is 0 Å². The van der Waals surface area contributed by atoms with E-state index in [1.807, 2.05) is 0 Å². The molecular formula is C19H15N5O5S. The maximum Gasteiger partial charge on any atom is 0.274 e. The molecule has 4 heterocycles. The lowest BCUT2D eigenvalue weighted by Crippen LogP contribution is -2.23. The highest BCUT2D eigenvalue weighted by atomic mass is 32.2. The molecule has 1 aliphatic rings. The monoisotopic (exact) mass is 425 g/mol. The first-order valence-electron chi connectivity index (χ1n) is 9.03. The van der Waals surface area contributed by atoms with Crippen LogP contribution >= 0.6 is 0 Å². The Morgan fingerprint density at radius 3 is 2.80 bits per heavy atom. The molecule has 0 aliphatic carbocycles. The molecule has 1 N–H and O–H groups in total. The highest BCUT2D eigenvalue weighted by molar-refractivity contribution is 7.91. The van der Waals surface area contributed by atoms with Crippen LogP contribution in [0.25, 0.3) is 10.8 Å². The van der Waals surface area contributed by atoms with Gasteiger partial charge in [-0.05, 0) is 36.4 Å². The molecule has 0 fully saturated rings. The fourth-order valence-electron chi connectivity index (χ4n) is 3.16. The van der Waals surface area contributed by atoms with E-state index in [0.29, 0.717) is 35.4 Å². The number of ether oxygens (including phenoxy) is 2. The Kier molecular flexibility index (Phi) is 4.24. The molecule has 1 aliphatic heterocycles. The Morgan fingerprint density at radius 2 is 1.97 bits per heavy atom. The number of H-pyrrole nitrogens is 1. The van der Waals surface area contributed by atoms with E-state index in [1.165, 1.54) is 41.2 Å². The van der Waals surface area contributed by atoms with E-state index in [1.54, 1.807) is 12.3 Å². The molecule has 10 nitrogen and oxygen atoms in total. The van der Waals surface area contributed by atoms with Crippen LogP contribution < -0.4 is 15.0 Å². The summed E-state index contributed by atoms with van der Waals surface area (Å²) in [6.07, 6.45) is 3.12. The number of nitrogens with one attached hydrogen (secondary N) is 1. The topological polar surface area (TPSA) is 129 Å². The highest BCUT2D eigenvalue weighted by Crippen LogP contribution is 2.31. The summed E-state index contributed by atoms with van der Waals surface area (Å²) in [6, 6.07) is 8.91. The van der Waals surface area contributed by atoms with Crippen molar-refractivity contribution in [3.8, 4) is 11.6 Å². The van der Waals surface area contributed by atoms with Crippen molar-refractivity contribution in [3.63, 3.8) is 0 Å². The number of fused-ring (bicyclic) bond motifs is 2. The molecule has 0 atom stereocenters. The lowest BCUT2D eigenvalue weighted by atomic mass is 10.2. The van der Waals surface area contributed by atoms with Crippen LogP contribution in [-0.2, 0) is 16.4 Å². The molecule has 3 aromatic heterocycles. The van der Waals surface area contributed by atoms with E-state index < -0.39 is 9.84 Å². The molecule has 5 rings (SSSR count). The van der Waals surface area contributed by atoms with Crippen LogP contribution in [-0.4, -0.2) is 46.6 Å². The Labute approximate surface area is 170 Å². The minimum atomic E-state index is -3.93. The molecule has 1 aromatic carbocycles. The Hall–Kier alpha value is -3.73. The van der Waals surface area contributed by atoms with Crippen LogP contribution in [0.15, 0.2) is 63.5 Å². The van der Waals surface area contributed by atoms with Crippen LogP contribution in [0.2, 0.25) is 0 Å². The number of nitrogens with zero attached hydrogens (tertiary/aromatic N) is 4. The number of aromatic amines is 1. The molecule has 4 aromatic rings. The summed E-state index contributed by atoms with van der Waals surface area (Å²) in [5.41, 5.74) is 0.324. The average molecular weight is 425 g/mol. The van der Waals surface area contributed by atoms with Crippen molar-refractivity contribution >= 4 is 20.6 Å². The molecule has 0 spiro atoms. The van der Waals surface area contributed by atoms with Crippen molar-refractivity contribution in [2.45, 2.75) is 16.5 Å². The Balaban J connectivity index is 1.54. The lowest BCUT2D eigenvalue weighted by Gasteiger charge is -2.17. The first-order chi connectivity index (χ1) is 14.5. The van der Waals surface area contributed by atoms with Gasteiger partial charge in [-0.25, -0.2) is 13.1 Å². The van der Waals surface area contributed by atoms with Gasteiger partial charge in [0.2, 0.25) is 9.84 Å². The molecular weight excluding hydrogens is 410 g/mol. The quantitative estimate of drug-likeness (QED) is 0.516. The predicted molar refractivity (Wildman–Crippen MR) is 104 cm³/mol. The third-order valence-electron chi connectivity index (χ3n) is 4.66. The van der Waals surface area contributed by atoms with Gasteiger partial charge in [0.05, 0.1) is 28.7 Å². The number of sulfone groups is 1. The molecule has 30 heavy (non-hydrogen) atoms. The predicted octanol–water partition coefficient (Wildman–Crippen LogP) is 1.17. The van der Waals surface area contributed by atoms with Gasteiger partial charge in [-0.15, -0.1) is 0 Å². The van der Waals surface area contributed by atoms with Gasteiger partial charge < -0.3 is 9.47 Å². The number of hydrogen-bond acceptors (Lipinski definition) is 8. The van der Waals surface area contributed by atoms with Crippen molar-refractivity contribution < 1.29 is 17.9 Å². The van der Waals surface area contributed by atoms with Gasteiger partial charge >= 0.3 is 0 Å². The van der Waals surface area contributed by atoms with E-state index >= 15 is 0 Å². The summed E-state index contributed by atoms with van der Waals surface area (Å²) in [5, 5.41) is 11.4. The van der Waals surface area contributed by atoms with Crippen molar-refractivity contribution in [1.82, 2.24) is 25.0 Å². The minimum absolute atomic E-state index is 0.00503.